The molecule has 160 valence electrons. The van der Waals surface area contributed by atoms with E-state index in [4.69, 9.17) is 4.42 Å². The number of imidazole rings is 1. The number of H-pyrrole nitrogens is 1. The smallest absolute Gasteiger partial charge is 0.287 e. The van der Waals surface area contributed by atoms with Gasteiger partial charge >= 0.3 is 0 Å². The summed E-state index contributed by atoms with van der Waals surface area (Å²) in [6, 6.07) is 18.4. The van der Waals surface area contributed by atoms with Crippen LogP contribution in [0.4, 0.5) is 0 Å². The zero-order valence-electron chi connectivity index (χ0n) is 17.2. The molecule has 2 aromatic carbocycles. The third kappa shape index (κ3) is 4.54. The van der Waals surface area contributed by atoms with Gasteiger partial charge in [0.25, 0.3) is 5.91 Å². The number of nitrogens with zero attached hydrogens (tertiary/aromatic N) is 1. The average Bonchev–Trinajstić information content (AvgIpc) is 3.38. The Balaban J connectivity index is 1.51. The summed E-state index contributed by atoms with van der Waals surface area (Å²) in [4.78, 5) is 20.9. The van der Waals surface area contributed by atoms with Crippen LogP contribution in [0.1, 0.15) is 42.0 Å². The fourth-order valence-electron chi connectivity index (χ4n) is 3.36. The molecule has 7 nitrogen and oxygen atoms in total. The van der Waals surface area contributed by atoms with Gasteiger partial charge < -0.3 is 14.7 Å². The topological polar surface area (TPSA) is 105 Å². The van der Waals surface area contributed by atoms with Crippen LogP contribution in [-0.2, 0) is 15.6 Å². The van der Waals surface area contributed by atoms with Crippen molar-refractivity contribution >= 4 is 26.8 Å². The minimum absolute atomic E-state index is 0.0556. The minimum atomic E-state index is -3.56. The van der Waals surface area contributed by atoms with Crippen LogP contribution in [0.2, 0.25) is 0 Å². The molecule has 0 saturated carbocycles. The summed E-state index contributed by atoms with van der Waals surface area (Å²) in [6.07, 6.45) is 0. The molecule has 0 aliphatic heterocycles. The third-order valence-electron chi connectivity index (χ3n) is 4.98. The number of hydrogen-bond acceptors (Lipinski definition) is 5. The van der Waals surface area contributed by atoms with Gasteiger partial charge in [0.2, 0.25) is 0 Å². The highest BCUT2D eigenvalue weighted by atomic mass is 32.2. The molecule has 1 amide bonds. The van der Waals surface area contributed by atoms with E-state index in [2.05, 4.69) is 15.3 Å². The number of carbonyl (C=O) groups excluding carboxylic acids is 1. The van der Waals surface area contributed by atoms with Crippen molar-refractivity contribution in [2.24, 2.45) is 5.92 Å². The van der Waals surface area contributed by atoms with Gasteiger partial charge in [-0.25, -0.2) is 13.4 Å². The van der Waals surface area contributed by atoms with E-state index in [1.54, 1.807) is 18.2 Å². The Morgan fingerprint density at radius 2 is 1.74 bits per heavy atom. The number of para-hydroxylation sites is 2. The van der Waals surface area contributed by atoms with Crippen molar-refractivity contribution in [1.82, 2.24) is 15.3 Å². The second-order valence-corrected chi connectivity index (χ2v) is 9.66. The Morgan fingerprint density at radius 1 is 1.03 bits per heavy atom. The van der Waals surface area contributed by atoms with E-state index in [1.165, 1.54) is 24.3 Å². The monoisotopic (exact) mass is 437 g/mol. The number of carbonyl (C=O) groups is 1. The van der Waals surface area contributed by atoms with Crippen LogP contribution in [0.3, 0.4) is 0 Å². The molecular weight excluding hydrogens is 414 g/mol. The molecule has 0 aliphatic rings. The molecular formula is C23H23N3O4S. The fourth-order valence-corrected chi connectivity index (χ4v) is 4.63. The lowest BCUT2D eigenvalue weighted by Gasteiger charge is -2.19. The number of amides is 1. The van der Waals surface area contributed by atoms with Crippen molar-refractivity contribution in [3.63, 3.8) is 0 Å². The summed E-state index contributed by atoms with van der Waals surface area (Å²) in [5.41, 5.74) is 1.72. The first-order valence-corrected chi connectivity index (χ1v) is 11.6. The molecule has 2 N–H and O–H groups in total. The maximum atomic E-state index is 12.8. The average molecular weight is 438 g/mol. The zero-order valence-corrected chi connectivity index (χ0v) is 18.0. The molecule has 31 heavy (non-hydrogen) atoms. The van der Waals surface area contributed by atoms with E-state index in [-0.39, 0.29) is 34.1 Å². The van der Waals surface area contributed by atoms with E-state index in [0.717, 1.165) is 11.0 Å². The van der Waals surface area contributed by atoms with Gasteiger partial charge in [-0.3, -0.25) is 4.79 Å². The van der Waals surface area contributed by atoms with Crippen molar-refractivity contribution in [2.75, 3.05) is 0 Å². The Morgan fingerprint density at radius 3 is 2.45 bits per heavy atom. The molecule has 1 unspecified atom stereocenters. The minimum Gasteiger partial charge on any atom is -0.455 e. The van der Waals surface area contributed by atoms with Gasteiger partial charge in [0.05, 0.1) is 22.0 Å². The highest BCUT2D eigenvalue weighted by Gasteiger charge is 2.25. The second kappa shape index (κ2) is 8.39. The number of sulfone groups is 1. The van der Waals surface area contributed by atoms with E-state index < -0.39 is 15.7 Å². The Labute approximate surface area is 180 Å². The summed E-state index contributed by atoms with van der Waals surface area (Å²) in [6.45, 7) is 3.97. The first-order chi connectivity index (χ1) is 14.8. The van der Waals surface area contributed by atoms with Crippen molar-refractivity contribution < 1.29 is 17.6 Å². The molecule has 0 aliphatic carbocycles. The van der Waals surface area contributed by atoms with Gasteiger partial charge in [0, 0.05) is 0 Å². The van der Waals surface area contributed by atoms with Gasteiger partial charge in [-0.05, 0) is 42.3 Å². The number of aromatic amines is 1. The quantitative estimate of drug-likeness (QED) is 0.449. The molecule has 2 aromatic heterocycles. The number of nitrogens with one attached hydrogen (secondary N) is 2. The van der Waals surface area contributed by atoms with Gasteiger partial charge in [-0.15, -0.1) is 0 Å². The third-order valence-corrected chi connectivity index (χ3v) is 6.63. The molecule has 0 fully saturated rings. The molecule has 0 bridgehead atoms. The highest BCUT2D eigenvalue weighted by Crippen LogP contribution is 2.23. The van der Waals surface area contributed by atoms with Crippen molar-refractivity contribution in [1.29, 1.82) is 0 Å². The van der Waals surface area contributed by atoms with Gasteiger partial charge in [0.15, 0.2) is 15.6 Å². The summed E-state index contributed by atoms with van der Waals surface area (Å²) in [5.74, 6) is 0.239. The Bertz CT molecular complexity index is 1270. The Hall–Kier alpha value is -3.39. The van der Waals surface area contributed by atoms with E-state index in [1.807, 2.05) is 38.1 Å². The van der Waals surface area contributed by atoms with Gasteiger partial charge in [-0.2, -0.15) is 0 Å². The predicted octanol–water partition coefficient (Wildman–Crippen LogP) is 4.26. The lowest BCUT2D eigenvalue weighted by molar-refractivity contribution is 0.0893. The zero-order chi connectivity index (χ0) is 22.0. The van der Waals surface area contributed by atoms with Crippen LogP contribution in [-0.4, -0.2) is 24.3 Å². The van der Waals surface area contributed by atoms with Crippen LogP contribution < -0.4 is 5.32 Å². The lowest BCUT2D eigenvalue weighted by atomic mass is 10.0. The normalized spacial score (nSPS) is 12.9. The molecule has 0 radical (unpaired) electrons. The van der Waals surface area contributed by atoms with E-state index in [9.17, 15) is 13.2 Å². The summed E-state index contributed by atoms with van der Waals surface area (Å²) in [7, 11) is -3.56. The van der Waals surface area contributed by atoms with Crippen LogP contribution in [0.5, 0.6) is 0 Å². The number of fused-ring (bicyclic) bond motifs is 1. The number of rotatable bonds is 7. The van der Waals surface area contributed by atoms with Crippen LogP contribution in [0, 0.1) is 5.92 Å². The number of aromatic nitrogens is 2. The maximum absolute atomic E-state index is 12.8. The summed E-state index contributed by atoms with van der Waals surface area (Å²) < 4.78 is 30.6. The van der Waals surface area contributed by atoms with Crippen LogP contribution in [0.25, 0.3) is 11.0 Å². The van der Waals surface area contributed by atoms with Crippen molar-refractivity contribution in [2.45, 2.75) is 30.5 Å². The summed E-state index contributed by atoms with van der Waals surface area (Å²) >= 11 is 0. The second-order valence-electron chi connectivity index (χ2n) is 7.67. The number of hydrogen-bond donors (Lipinski definition) is 2. The van der Waals surface area contributed by atoms with E-state index in [0.29, 0.717) is 5.82 Å². The molecule has 0 spiro atoms. The molecule has 0 saturated heterocycles. The first kappa shape index (κ1) is 20.9. The highest BCUT2D eigenvalue weighted by molar-refractivity contribution is 7.90. The molecule has 4 rings (SSSR count). The molecule has 8 heteroatoms. The molecule has 4 aromatic rings. The summed E-state index contributed by atoms with van der Waals surface area (Å²) in [5, 5.41) is 2.94. The first-order valence-electron chi connectivity index (χ1n) is 9.95. The standard InChI is InChI=1S/C23H23N3O4S/c1-15(2)21(22-24-18-10-6-7-11-19(18)25-22)26-23(27)20-13-12-16(30-20)14-31(28,29)17-8-4-3-5-9-17/h3-13,15,21H,14H2,1-2H3,(H,24,25)(H,26,27). The largest absolute Gasteiger partial charge is 0.455 e. The maximum Gasteiger partial charge on any atom is 0.287 e. The van der Waals surface area contributed by atoms with E-state index >= 15 is 0 Å². The van der Waals surface area contributed by atoms with Crippen molar-refractivity contribution in [3.8, 4) is 0 Å². The SMILES string of the molecule is CC(C)C(NC(=O)c1ccc(CS(=O)(=O)c2ccccc2)o1)c1nc2ccccc2[nH]1. The van der Waals surface area contributed by atoms with Crippen molar-refractivity contribution in [3.05, 3.63) is 84.1 Å². The van der Waals surface area contributed by atoms with Gasteiger partial charge in [-0.1, -0.05) is 44.2 Å². The number of furan rings is 1. The molecule has 1 atom stereocenters. The van der Waals surface area contributed by atoms with Crippen LogP contribution >= 0.6 is 0 Å². The molecule has 2 heterocycles. The predicted molar refractivity (Wildman–Crippen MR) is 117 cm³/mol. The lowest BCUT2D eigenvalue weighted by Crippen LogP contribution is -2.32. The number of benzene rings is 2. The fraction of sp³-hybridized carbons (Fsp3) is 0.217. The Kier molecular flexibility index (Phi) is 5.65. The van der Waals surface area contributed by atoms with Crippen LogP contribution in [0.15, 0.2) is 76.0 Å². The van der Waals surface area contributed by atoms with Gasteiger partial charge in [0.1, 0.15) is 17.3 Å².